The minimum absolute atomic E-state index is 0.0839. The van der Waals surface area contributed by atoms with Crippen LogP contribution in [-0.2, 0) is 11.2 Å². The number of aromatic hydroxyl groups is 1. The van der Waals surface area contributed by atoms with Crippen LogP contribution in [-0.4, -0.2) is 16.0 Å². The molecule has 0 bridgehead atoms. The van der Waals surface area contributed by atoms with Gasteiger partial charge in [0.2, 0.25) is 5.91 Å². The van der Waals surface area contributed by atoms with Crippen molar-refractivity contribution in [1.82, 2.24) is 4.98 Å². The van der Waals surface area contributed by atoms with Crippen molar-refractivity contribution in [3.05, 3.63) is 50.8 Å². The zero-order valence-electron chi connectivity index (χ0n) is 13.3. The maximum absolute atomic E-state index is 12.3. The highest BCUT2D eigenvalue weighted by Gasteiger charge is 2.15. The highest BCUT2D eigenvalue weighted by molar-refractivity contribution is 7.13. The number of aryl methyl sites for hydroxylation is 2. The number of carbonyl (C=O) groups is 1. The molecule has 0 saturated heterocycles. The Balaban J connectivity index is 1.86. The topological polar surface area (TPSA) is 92.4 Å². The summed E-state index contributed by atoms with van der Waals surface area (Å²) in [6, 6.07) is 3.29. The quantitative estimate of drug-likeness (QED) is 0.709. The first kappa shape index (κ1) is 16.2. The van der Waals surface area contributed by atoms with Crippen LogP contribution in [0.4, 0.5) is 5.13 Å². The third-order valence-corrected chi connectivity index (χ3v) is 4.64. The lowest BCUT2D eigenvalue weighted by atomic mass is 10.0. The fourth-order valence-corrected chi connectivity index (χ4v) is 3.12. The smallest absolute Gasteiger partial charge is 0.339 e. The fourth-order valence-electron chi connectivity index (χ4n) is 2.57. The summed E-state index contributed by atoms with van der Waals surface area (Å²) in [5.41, 5.74) is 1.68. The van der Waals surface area contributed by atoms with Crippen LogP contribution in [0.1, 0.15) is 23.1 Å². The summed E-state index contributed by atoms with van der Waals surface area (Å²) in [4.78, 5) is 28.2. The summed E-state index contributed by atoms with van der Waals surface area (Å²) in [5, 5.41) is 15.5. The molecule has 3 rings (SSSR count). The zero-order valence-corrected chi connectivity index (χ0v) is 14.1. The van der Waals surface area contributed by atoms with Crippen molar-refractivity contribution in [3.63, 3.8) is 0 Å². The molecule has 24 heavy (non-hydrogen) atoms. The van der Waals surface area contributed by atoms with Crippen LogP contribution in [0.15, 0.2) is 32.9 Å². The van der Waals surface area contributed by atoms with Gasteiger partial charge in [0, 0.05) is 34.5 Å². The minimum Gasteiger partial charge on any atom is -0.508 e. The first-order valence-corrected chi connectivity index (χ1v) is 8.29. The Hall–Kier alpha value is -2.67. The van der Waals surface area contributed by atoms with Gasteiger partial charge in [-0.25, -0.2) is 9.78 Å². The summed E-state index contributed by atoms with van der Waals surface area (Å²) >= 11 is 1.34. The predicted octanol–water partition coefficient (Wildman–Crippen LogP) is 3.14. The molecule has 0 spiro atoms. The van der Waals surface area contributed by atoms with Gasteiger partial charge in [-0.1, -0.05) is 0 Å². The predicted molar refractivity (Wildman–Crippen MR) is 92.7 cm³/mol. The molecule has 3 aromatic rings. The molecule has 0 fully saturated rings. The van der Waals surface area contributed by atoms with Gasteiger partial charge >= 0.3 is 5.63 Å². The number of anilines is 1. The van der Waals surface area contributed by atoms with Crippen molar-refractivity contribution in [3.8, 4) is 5.75 Å². The molecule has 1 aromatic carbocycles. The Morgan fingerprint density at radius 3 is 2.83 bits per heavy atom. The number of thiazole rings is 1. The van der Waals surface area contributed by atoms with Gasteiger partial charge in [-0.05, 0) is 38.0 Å². The summed E-state index contributed by atoms with van der Waals surface area (Å²) in [7, 11) is 0. The van der Waals surface area contributed by atoms with E-state index in [2.05, 4.69) is 10.3 Å². The number of phenols is 1. The molecule has 0 atom stereocenters. The lowest BCUT2D eigenvalue weighted by Gasteiger charge is -2.10. The van der Waals surface area contributed by atoms with E-state index in [0.717, 1.165) is 10.9 Å². The molecule has 2 heterocycles. The number of rotatable bonds is 4. The van der Waals surface area contributed by atoms with E-state index in [1.54, 1.807) is 30.6 Å². The standard InChI is InChI=1S/C17H16N2O4S/c1-9-11-3-5-13(20)10(2)15(11)23-16(22)12(9)4-6-14(21)19-17-18-7-8-24-17/h3,5,7-8,20H,4,6H2,1-2H3,(H,18,19,21). The van der Waals surface area contributed by atoms with E-state index >= 15 is 0 Å². The van der Waals surface area contributed by atoms with Crippen molar-refractivity contribution < 1.29 is 14.3 Å². The normalized spacial score (nSPS) is 10.9. The number of fused-ring (bicyclic) bond motifs is 1. The molecular formula is C17H16N2O4S. The number of aromatic nitrogens is 1. The molecule has 2 N–H and O–H groups in total. The molecule has 7 heteroatoms. The van der Waals surface area contributed by atoms with Gasteiger partial charge < -0.3 is 14.8 Å². The lowest BCUT2D eigenvalue weighted by Crippen LogP contribution is -2.16. The number of benzene rings is 1. The first-order valence-electron chi connectivity index (χ1n) is 7.41. The van der Waals surface area contributed by atoms with Gasteiger partial charge in [-0.3, -0.25) is 4.79 Å². The van der Waals surface area contributed by atoms with Crippen molar-refractivity contribution in [2.24, 2.45) is 0 Å². The average molecular weight is 344 g/mol. The zero-order chi connectivity index (χ0) is 17.3. The Morgan fingerprint density at radius 2 is 2.12 bits per heavy atom. The van der Waals surface area contributed by atoms with Gasteiger partial charge in [0.1, 0.15) is 11.3 Å². The molecule has 0 aliphatic heterocycles. The van der Waals surface area contributed by atoms with Crippen molar-refractivity contribution in [1.29, 1.82) is 0 Å². The Labute approximate surface area is 141 Å². The second-order valence-electron chi connectivity index (χ2n) is 5.46. The molecule has 0 aliphatic rings. The molecule has 0 radical (unpaired) electrons. The molecule has 0 saturated carbocycles. The van der Waals surface area contributed by atoms with E-state index in [-0.39, 0.29) is 24.5 Å². The van der Waals surface area contributed by atoms with Crippen molar-refractivity contribution in [2.45, 2.75) is 26.7 Å². The van der Waals surface area contributed by atoms with Crippen molar-refractivity contribution >= 4 is 33.3 Å². The molecule has 1 amide bonds. The second kappa shape index (κ2) is 6.45. The summed E-state index contributed by atoms with van der Waals surface area (Å²) < 4.78 is 5.37. The third kappa shape index (κ3) is 3.03. The Bertz CT molecular complexity index is 961. The van der Waals surface area contributed by atoms with E-state index in [9.17, 15) is 14.7 Å². The van der Waals surface area contributed by atoms with Gasteiger partial charge in [-0.15, -0.1) is 11.3 Å². The van der Waals surface area contributed by atoms with E-state index in [1.807, 2.05) is 6.92 Å². The summed E-state index contributed by atoms with van der Waals surface area (Å²) in [6.07, 6.45) is 2.05. The molecular weight excluding hydrogens is 328 g/mol. The molecule has 0 unspecified atom stereocenters. The third-order valence-electron chi connectivity index (χ3n) is 3.96. The molecule has 0 aliphatic carbocycles. The maximum atomic E-state index is 12.3. The second-order valence-corrected chi connectivity index (χ2v) is 6.36. The number of nitrogens with one attached hydrogen (secondary N) is 1. The van der Waals surface area contributed by atoms with Crippen LogP contribution in [0.2, 0.25) is 0 Å². The SMILES string of the molecule is Cc1c(CCC(=O)Nc2nccs2)c(=O)oc2c(C)c(O)ccc12. The van der Waals surface area contributed by atoms with E-state index in [0.29, 0.717) is 21.8 Å². The van der Waals surface area contributed by atoms with Crippen LogP contribution in [0.3, 0.4) is 0 Å². The van der Waals surface area contributed by atoms with Gasteiger partial charge in [0.15, 0.2) is 5.13 Å². The van der Waals surface area contributed by atoms with E-state index in [4.69, 9.17) is 4.42 Å². The van der Waals surface area contributed by atoms with Crippen LogP contribution < -0.4 is 10.9 Å². The summed E-state index contributed by atoms with van der Waals surface area (Å²) in [6.45, 7) is 3.52. The number of amides is 1. The first-order chi connectivity index (χ1) is 11.5. The van der Waals surface area contributed by atoms with Gasteiger partial charge in [0.05, 0.1) is 0 Å². The molecule has 124 valence electrons. The largest absolute Gasteiger partial charge is 0.508 e. The minimum atomic E-state index is -0.476. The van der Waals surface area contributed by atoms with Gasteiger partial charge in [-0.2, -0.15) is 0 Å². The summed E-state index contributed by atoms with van der Waals surface area (Å²) in [5.74, 6) is -0.119. The number of nitrogens with zero attached hydrogens (tertiary/aromatic N) is 1. The van der Waals surface area contributed by atoms with Crippen molar-refractivity contribution in [2.75, 3.05) is 5.32 Å². The monoisotopic (exact) mass is 344 g/mol. The fraction of sp³-hybridized carbons (Fsp3) is 0.235. The Morgan fingerprint density at radius 1 is 1.33 bits per heavy atom. The van der Waals surface area contributed by atoms with Crippen LogP contribution in [0, 0.1) is 13.8 Å². The maximum Gasteiger partial charge on any atom is 0.339 e. The number of phenolic OH excluding ortho intramolecular Hbond substituents is 1. The Kier molecular flexibility index (Phi) is 4.35. The number of hydrogen-bond acceptors (Lipinski definition) is 6. The number of hydrogen-bond donors (Lipinski definition) is 2. The highest BCUT2D eigenvalue weighted by atomic mass is 32.1. The number of carbonyl (C=O) groups excluding carboxylic acids is 1. The van der Waals surface area contributed by atoms with Crippen LogP contribution in [0.25, 0.3) is 11.0 Å². The van der Waals surface area contributed by atoms with Crippen LogP contribution in [0.5, 0.6) is 5.75 Å². The molecule has 2 aromatic heterocycles. The van der Waals surface area contributed by atoms with Gasteiger partial charge in [0.25, 0.3) is 0 Å². The average Bonchev–Trinajstić information content (AvgIpc) is 3.04. The highest BCUT2D eigenvalue weighted by Crippen LogP contribution is 2.28. The van der Waals surface area contributed by atoms with Crippen LogP contribution >= 0.6 is 11.3 Å². The van der Waals surface area contributed by atoms with E-state index < -0.39 is 5.63 Å². The van der Waals surface area contributed by atoms with E-state index in [1.165, 1.54) is 11.3 Å². The lowest BCUT2D eigenvalue weighted by molar-refractivity contribution is -0.116. The molecule has 6 nitrogen and oxygen atoms in total.